The predicted molar refractivity (Wildman–Crippen MR) is 71.3 cm³/mol. The fourth-order valence-corrected chi connectivity index (χ4v) is 2.79. The van der Waals surface area contributed by atoms with Crippen LogP contribution >= 0.6 is 0 Å². The highest BCUT2D eigenvalue weighted by Gasteiger charge is 2.18. The number of hydrogen-bond donors (Lipinski definition) is 1. The van der Waals surface area contributed by atoms with Crippen LogP contribution in [0.15, 0.2) is 24.3 Å². The molecule has 3 heteroatoms. The molecule has 0 spiro atoms. The van der Waals surface area contributed by atoms with E-state index in [1.165, 1.54) is 25.7 Å². The first-order valence-corrected chi connectivity index (χ1v) is 6.49. The zero-order valence-corrected chi connectivity index (χ0v) is 10.3. The van der Waals surface area contributed by atoms with Gasteiger partial charge in [-0.3, -0.25) is 0 Å². The van der Waals surface area contributed by atoms with Gasteiger partial charge in [0, 0.05) is 13.6 Å². The van der Waals surface area contributed by atoms with Crippen molar-refractivity contribution in [3.8, 4) is 0 Å². The maximum atomic E-state index is 4.63. The molecule has 1 N–H and O–H groups in total. The standard InChI is InChI=1S/C14H19N3/c1-17(10-11-6-2-3-7-11)14-15-12-8-4-5-9-13(12)16-14/h4-5,8-9,11H,2-3,6-7,10H2,1H3,(H,15,16). The molecule has 0 aliphatic heterocycles. The van der Waals surface area contributed by atoms with Gasteiger partial charge in [-0.1, -0.05) is 25.0 Å². The van der Waals surface area contributed by atoms with Crippen molar-refractivity contribution in [1.29, 1.82) is 0 Å². The Morgan fingerprint density at radius 1 is 1.29 bits per heavy atom. The van der Waals surface area contributed by atoms with Gasteiger partial charge in [-0.05, 0) is 30.9 Å². The molecule has 1 aromatic heterocycles. The van der Waals surface area contributed by atoms with Crippen LogP contribution < -0.4 is 4.90 Å². The highest BCUT2D eigenvalue weighted by molar-refractivity contribution is 5.77. The molecule has 1 heterocycles. The van der Waals surface area contributed by atoms with Gasteiger partial charge in [0.25, 0.3) is 0 Å². The van der Waals surface area contributed by atoms with E-state index >= 15 is 0 Å². The molecule has 2 aromatic rings. The number of hydrogen-bond acceptors (Lipinski definition) is 2. The summed E-state index contributed by atoms with van der Waals surface area (Å²) in [4.78, 5) is 10.3. The first kappa shape index (κ1) is 10.6. The van der Waals surface area contributed by atoms with E-state index in [9.17, 15) is 0 Å². The maximum Gasteiger partial charge on any atom is 0.203 e. The molecule has 0 atom stereocenters. The van der Waals surface area contributed by atoms with Crippen LogP contribution in [0.4, 0.5) is 5.95 Å². The summed E-state index contributed by atoms with van der Waals surface area (Å²) in [6.07, 6.45) is 5.56. The van der Waals surface area contributed by atoms with Crippen molar-refractivity contribution in [1.82, 2.24) is 9.97 Å². The summed E-state index contributed by atoms with van der Waals surface area (Å²) in [6.45, 7) is 1.12. The number of anilines is 1. The van der Waals surface area contributed by atoms with E-state index in [1.54, 1.807) is 0 Å². The molecule has 0 amide bonds. The first-order valence-electron chi connectivity index (χ1n) is 6.49. The molecule has 1 saturated carbocycles. The molecular weight excluding hydrogens is 210 g/mol. The average molecular weight is 229 g/mol. The van der Waals surface area contributed by atoms with Gasteiger partial charge in [0.2, 0.25) is 5.95 Å². The predicted octanol–water partition coefficient (Wildman–Crippen LogP) is 3.19. The molecule has 1 aliphatic rings. The number of rotatable bonds is 3. The zero-order valence-electron chi connectivity index (χ0n) is 10.3. The van der Waals surface area contributed by atoms with Crippen LogP contribution in [0.3, 0.4) is 0 Å². The second kappa shape index (κ2) is 4.40. The Morgan fingerprint density at radius 3 is 2.82 bits per heavy atom. The smallest absolute Gasteiger partial charge is 0.203 e. The molecule has 1 aliphatic carbocycles. The van der Waals surface area contributed by atoms with Crippen molar-refractivity contribution in [2.24, 2.45) is 5.92 Å². The number of nitrogens with zero attached hydrogens (tertiary/aromatic N) is 2. The van der Waals surface area contributed by atoms with Crippen LogP contribution in [-0.2, 0) is 0 Å². The van der Waals surface area contributed by atoms with Gasteiger partial charge in [-0.2, -0.15) is 0 Å². The Hall–Kier alpha value is -1.51. The van der Waals surface area contributed by atoms with Crippen LogP contribution in [0.5, 0.6) is 0 Å². The summed E-state index contributed by atoms with van der Waals surface area (Å²) in [5, 5.41) is 0. The van der Waals surface area contributed by atoms with Crippen LogP contribution in [0.2, 0.25) is 0 Å². The second-order valence-corrected chi connectivity index (χ2v) is 5.11. The van der Waals surface area contributed by atoms with Gasteiger partial charge in [0.05, 0.1) is 11.0 Å². The molecule has 0 unspecified atom stereocenters. The minimum atomic E-state index is 0.855. The van der Waals surface area contributed by atoms with E-state index in [-0.39, 0.29) is 0 Å². The molecule has 1 aromatic carbocycles. The molecule has 1 fully saturated rings. The van der Waals surface area contributed by atoms with Crippen LogP contribution in [0, 0.1) is 5.92 Å². The molecule has 3 nitrogen and oxygen atoms in total. The number of benzene rings is 1. The van der Waals surface area contributed by atoms with E-state index < -0.39 is 0 Å². The summed E-state index contributed by atoms with van der Waals surface area (Å²) < 4.78 is 0. The summed E-state index contributed by atoms with van der Waals surface area (Å²) in [6, 6.07) is 8.21. The second-order valence-electron chi connectivity index (χ2n) is 5.11. The minimum absolute atomic E-state index is 0.855. The van der Waals surface area contributed by atoms with E-state index in [0.29, 0.717) is 0 Å². The maximum absolute atomic E-state index is 4.63. The Morgan fingerprint density at radius 2 is 2.06 bits per heavy atom. The molecule has 0 saturated heterocycles. The SMILES string of the molecule is CN(CC1CCCC1)c1nc2ccccc2[nH]1. The van der Waals surface area contributed by atoms with Crippen LogP contribution in [0.1, 0.15) is 25.7 Å². The molecule has 0 radical (unpaired) electrons. The average Bonchev–Trinajstić information content (AvgIpc) is 2.96. The normalized spacial score (nSPS) is 16.8. The van der Waals surface area contributed by atoms with Crippen molar-refractivity contribution in [2.75, 3.05) is 18.5 Å². The number of para-hydroxylation sites is 2. The highest BCUT2D eigenvalue weighted by Crippen LogP contribution is 2.26. The molecule has 90 valence electrons. The van der Waals surface area contributed by atoms with Crippen molar-refractivity contribution >= 4 is 17.0 Å². The highest BCUT2D eigenvalue weighted by atomic mass is 15.2. The fraction of sp³-hybridized carbons (Fsp3) is 0.500. The number of aromatic amines is 1. The largest absolute Gasteiger partial charge is 0.345 e. The minimum Gasteiger partial charge on any atom is -0.345 e. The van der Waals surface area contributed by atoms with Gasteiger partial charge in [0.15, 0.2) is 0 Å². The van der Waals surface area contributed by atoms with Crippen molar-refractivity contribution in [2.45, 2.75) is 25.7 Å². The summed E-state index contributed by atoms with van der Waals surface area (Å²) >= 11 is 0. The molecule has 3 rings (SSSR count). The van der Waals surface area contributed by atoms with E-state index in [2.05, 4.69) is 34.0 Å². The van der Waals surface area contributed by atoms with Crippen molar-refractivity contribution in [3.05, 3.63) is 24.3 Å². The third kappa shape index (κ3) is 2.14. The lowest BCUT2D eigenvalue weighted by Gasteiger charge is -2.19. The van der Waals surface area contributed by atoms with Crippen LogP contribution in [-0.4, -0.2) is 23.6 Å². The summed E-state index contributed by atoms with van der Waals surface area (Å²) in [5.74, 6) is 1.85. The first-order chi connectivity index (χ1) is 8.33. The number of aromatic nitrogens is 2. The van der Waals surface area contributed by atoms with Gasteiger partial charge in [0.1, 0.15) is 0 Å². The lowest BCUT2D eigenvalue weighted by Crippen LogP contribution is -2.24. The molecule has 0 bridgehead atoms. The fourth-order valence-electron chi connectivity index (χ4n) is 2.79. The topological polar surface area (TPSA) is 31.9 Å². The quantitative estimate of drug-likeness (QED) is 0.876. The van der Waals surface area contributed by atoms with Gasteiger partial charge >= 0.3 is 0 Å². The number of H-pyrrole nitrogens is 1. The Bertz CT molecular complexity index is 464. The zero-order chi connectivity index (χ0) is 11.7. The van der Waals surface area contributed by atoms with Crippen LogP contribution in [0.25, 0.3) is 11.0 Å². The van der Waals surface area contributed by atoms with Crippen molar-refractivity contribution in [3.63, 3.8) is 0 Å². The molecular formula is C14H19N3. The number of imidazole rings is 1. The number of nitrogens with one attached hydrogen (secondary N) is 1. The van der Waals surface area contributed by atoms with Gasteiger partial charge in [-0.15, -0.1) is 0 Å². The van der Waals surface area contributed by atoms with E-state index in [4.69, 9.17) is 0 Å². The third-order valence-corrected chi connectivity index (χ3v) is 3.75. The third-order valence-electron chi connectivity index (χ3n) is 3.75. The Kier molecular flexibility index (Phi) is 2.75. The molecule has 17 heavy (non-hydrogen) atoms. The monoisotopic (exact) mass is 229 g/mol. The Balaban J connectivity index is 1.77. The van der Waals surface area contributed by atoms with Crippen molar-refractivity contribution < 1.29 is 0 Å². The Labute approximate surface area is 102 Å². The lowest BCUT2D eigenvalue weighted by atomic mass is 10.1. The van der Waals surface area contributed by atoms with Gasteiger partial charge < -0.3 is 9.88 Å². The van der Waals surface area contributed by atoms with E-state index in [0.717, 1.165) is 29.4 Å². The lowest BCUT2D eigenvalue weighted by molar-refractivity contribution is 0.543. The number of fused-ring (bicyclic) bond motifs is 1. The summed E-state index contributed by atoms with van der Waals surface area (Å²) in [5.41, 5.74) is 2.18. The van der Waals surface area contributed by atoms with E-state index in [1.807, 2.05) is 12.1 Å². The van der Waals surface area contributed by atoms with Gasteiger partial charge in [-0.25, -0.2) is 4.98 Å². The summed E-state index contributed by atoms with van der Waals surface area (Å²) in [7, 11) is 2.13.